The molecule has 2 N–H and O–H groups in total. The maximum Gasteiger partial charge on any atom is 0.191 e. The molecular weight excluding hydrogens is 360 g/mol. The van der Waals surface area contributed by atoms with E-state index < -0.39 is 9.84 Å². The Morgan fingerprint density at radius 3 is 2.56 bits per heavy atom. The molecule has 0 saturated carbocycles. The molecule has 0 spiro atoms. The number of rotatable bonds is 8. The molecule has 27 heavy (non-hydrogen) atoms. The summed E-state index contributed by atoms with van der Waals surface area (Å²) in [4.78, 5) is 7.57. The molecule has 0 radical (unpaired) electrons. The van der Waals surface area contributed by atoms with Gasteiger partial charge in [0, 0.05) is 25.9 Å². The monoisotopic (exact) mass is 394 g/mol. The molecule has 1 heterocycles. The largest absolute Gasteiger partial charge is 0.357 e. The van der Waals surface area contributed by atoms with Crippen LogP contribution in [0.25, 0.3) is 0 Å². The highest BCUT2D eigenvalue weighted by Gasteiger charge is 2.15. The van der Waals surface area contributed by atoms with Gasteiger partial charge in [0.05, 0.1) is 11.4 Å². The maximum absolute atomic E-state index is 11.7. The third kappa shape index (κ3) is 7.14. The lowest BCUT2D eigenvalue weighted by molar-refractivity contribution is 0.287. The molecule has 1 atom stereocenters. The van der Waals surface area contributed by atoms with Crippen molar-refractivity contribution in [3.05, 3.63) is 29.3 Å². The fraction of sp³-hybridized carbons (Fsp3) is 0.650. The van der Waals surface area contributed by atoms with Gasteiger partial charge in [-0.1, -0.05) is 19.1 Å². The summed E-state index contributed by atoms with van der Waals surface area (Å²) in [7, 11) is -3.18. The zero-order valence-electron chi connectivity index (χ0n) is 17.1. The van der Waals surface area contributed by atoms with Crippen LogP contribution in [-0.4, -0.2) is 58.3 Å². The fourth-order valence-electron chi connectivity index (χ4n) is 3.48. The lowest BCUT2D eigenvalue weighted by Gasteiger charge is -2.21. The molecule has 7 heteroatoms. The zero-order chi connectivity index (χ0) is 19.9. The number of sulfone groups is 1. The predicted molar refractivity (Wildman–Crippen MR) is 112 cm³/mol. The average Bonchev–Trinajstić information content (AvgIpc) is 3.09. The van der Waals surface area contributed by atoms with E-state index in [0.29, 0.717) is 17.4 Å². The van der Waals surface area contributed by atoms with Crippen LogP contribution in [-0.2, 0) is 16.4 Å². The minimum atomic E-state index is -3.18. The smallest absolute Gasteiger partial charge is 0.191 e. The first-order valence-corrected chi connectivity index (χ1v) is 11.7. The number of aliphatic imine (C=N–C) groups is 1. The van der Waals surface area contributed by atoms with Crippen LogP contribution in [0.2, 0.25) is 0 Å². The molecule has 1 saturated heterocycles. The zero-order valence-corrected chi connectivity index (χ0v) is 17.9. The summed E-state index contributed by atoms with van der Waals surface area (Å²) < 4.78 is 23.5. The second-order valence-electron chi connectivity index (χ2n) is 7.56. The van der Waals surface area contributed by atoms with Crippen LogP contribution in [0.5, 0.6) is 0 Å². The van der Waals surface area contributed by atoms with E-state index in [1.807, 2.05) is 19.1 Å². The molecule has 0 aliphatic carbocycles. The second-order valence-corrected chi connectivity index (χ2v) is 9.55. The molecule has 1 unspecified atom stereocenters. The maximum atomic E-state index is 11.7. The molecule has 0 aromatic heterocycles. The van der Waals surface area contributed by atoms with Gasteiger partial charge in [-0.2, -0.15) is 0 Å². The Balaban J connectivity index is 1.93. The molecule has 1 aromatic rings. The van der Waals surface area contributed by atoms with Crippen LogP contribution in [0.3, 0.4) is 0 Å². The molecule has 1 aliphatic rings. The summed E-state index contributed by atoms with van der Waals surface area (Å²) in [5.74, 6) is 1.36. The Kier molecular flexibility index (Phi) is 8.10. The molecule has 0 amide bonds. The highest BCUT2D eigenvalue weighted by atomic mass is 32.2. The number of guanidine groups is 1. The van der Waals surface area contributed by atoms with Crippen molar-refractivity contribution in [2.75, 3.05) is 39.0 Å². The Morgan fingerprint density at radius 2 is 1.96 bits per heavy atom. The van der Waals surface area contributed by atoms with Gasteiger partial charge in [0.15, 0.2) is 15.8 Å². The van der Waals surface area contributed by atoms with E-state index >= 15 is 0 Å². The summed E-state index contributed by atoms with van der Waals surface area (Å²) in [5, 5.41) is 6.71. The summed E-state index contributed by atoms with van der Waals surface area (Å²) in [5.41, 5.74) is 1.77. The quantitative estimate of drug-likeness (QED) is 0.522. The first-order valence-electron chi connectivity index (χ1n) is 9.83. The van der Waals surface area contributed by atoms with Gasteiger partial charge in [0.25, 0.3) is 0 Å². The van der Waals surface area contributed by atoms with Crippen molar-refractivity contribution >= 4 is 15.8 Å². The minimum absolute atomic E-state index is 0.385. The second kappa shape index (κ2) is 10.1. The van der Waals surface area contributed by atoms with Gasteiger partial charge >= 0.3 is 0 Å². The van der Waals surface area contributed by atoms with Crippen LogP contribution in [0.15, 0.2) is 28.1 Å². The standard InChI is InChI=1S/C20H34N4O2S/c1-5-21-20(22-13-16(2)15-24-10-6-7-11-24)23-14-18-8-9-19(17(3)12-18)27(4,25)26/h8-9,12,16H,5-7,10-11,13-15H2,1-4H3,(H2,21,22,23). The van der Waals surface area contributed by atoms with E-state index in [2.05, 4.69) is 34.4 Å². The molecule has 1 aromatic carbocycles. The lowest BCUT2D eigenvalue weighted by Crippen LogP contribution is -2.41. The molecule has 2 rings (SSSR count). The van der Waals surface area contributed by atoms with Crippen LogP contribution < -0.4 is 10.6 Å². The fourth-order valence-corrected chi connectivity index (χ4v) is 4.44. The Labute approximate surface area is 164 Å². The van der Waals surface area contributed by atoms with Crippen LogP contribution >= 0.6 is 0 Å². The van der Waals surface area contributed by atoms with Gasteiger partial charge in [-0.15, -0.1) is 0 Å². The number of nitrogens with one attached hydrogen (secondary N) is 2. The SMILES string of the molecule is CCNC(=NCc1ccc(S(C)(=O)=O)c(C)c1)NCC(C)CN1CCCC1. The van der Waals surface area contributed by atoms with Gasteiger partial charge in [-0.25, -0.2) is 13.4 Å². The van der Waals surface area contributed by atoms with Crippen LogP contribution in [0.4, 0.5) is 0 Å². The van der Waals surface area contributed by atoms with Gasteiger partial charge in [-0.05, 0) is 62.9 Å². The van der Waals surface area contributed by atoms with Crippen molar-refractivity contribution in [1.82, 2.24) is 15.5 Å². The molecule has 152 valence electrons. The molecule has 1 fully saturated rings. The molecule has 1 aliphatic heterocycles. The number of aryl methyl sites for hydroxylation is 1. The van der Waals surface area contributed by atoms with Crippen LogP contribution in [0, 0.1) is 12.8 Å². The van der Waals surface area contributed by atoms with E-state index in [0.717, 1.165) is 36.7 Å². The van der Waals surface area contributed by atoms with Gasteiger partial charge in [0.2, 0.25) is 0 Å². The normalized spacial score (nSPS) is 17.1. The van der Waals surface area contributed by atoms with E-state index in [4.69, 9.17) is 0 Å². The average molecular weight is 395 g/mol. The van der Waals surface area contributed by atoms with Crippen molar-refractivity contribution in [3.8, 4) is 0 Å². The Hall–Kier alpha value is -1.60. The summed E-state index contributed by atoms with van der Waals surface area (Å²) in [6.45, 7) is 11.9. The van der Waals surface area contributed by atoms with Crippen molar-refractivity contribution in [1.29, 1.82) is 0 Å². The molecular formula is C20H34N4O2S. The number of benzene rings is 1. The molecule has 6 nitrogen and oxygen atoms in total. The van der Waals surface area contributed by atoms with E-state index in [1.165, 1.54) is 32.2 Å². The highest BCUT2D eigenvalue weighted by Crippen LogP contribution is 2.17. The summed E-state index contributed by atoms with van der Waals surface area (Å²) in [6.07, 6.45) is 3.88. The van der Waals surface area contributed by atoms with Gasteiger partial charge in [0.1, 0.15) is 0 Å². The Bertz CT molecular complexity index is 740. The van der Waals surface area contributed by atoms with E-state index in [1.54, 1.807) is 6.07 Å². The summed E-state index contributed by atoms with van der Waals surface area (Å²) >= 11 is 0. The lowest BCUT2D eigenvalue weighted by atomic mass is 10.1. The number of likely N-dealkylation sites (tertiary alicyclic amines) is 1. The highest BCUT2D eigenvalue weighted by molar-refractivity contribution is 7.90. The predicted octanol–water partition coefficient (Wildman–Crippen LogP) is 2.19. The van der Waals surface area contributed by atoms with Crippen molar-refractivity contribution in [3.63, 3.8) is 0 Å². The Morgan fingerprint density at radius 1 is 1.26 bits per heavy atom. The van der Waals surface area contributed by atoms with Crippen molar-refractivity contribution < 1.29 is 8.42 Å². The van der Waals surface area contributed by atoms with E-state index in [9.17, 15) is 8.42 Å². The van der Waals surface area contributed by atoms with E-state index in [-0.39, 0.29) is 0 Å². The third-order valence-electron chi connectivity index (χ3n) is 4.79. The van der Waals surface area contributed by atoms with Crippen molar-refractivity contribution in [2.45, 2.75) is 45.1 Å². The first-order chi connectivity index (χ1) is 12.8. The van der Waals surface area contributed by atoms with Crippen LogP contribution in [0.1, 0.15) is 37.8 Å². The number of hydrogen-bond acceptors (Lipinski definition) is 4. The minimum Gasteiger partial charge on any atom is -0.357 e. The number of hydrogen-bond donors (Lipinski definition) is 2. The number of nitrogens with zero attached hydrogens (tertiary/aromatic N) is 2. The molecule has 0 bridgehead atoms. The van der Waals surface area contributed by atoms with Crippen molar-refractivity contribution in [2.24, 2.45) is 10.9 Å². The topological polar surface area (TPSA) is 73.8 Å². The summed E-state index contributed by atoms with van der Waals surface area (Å²) in [6, 6.07) is 5.42. The first kappa shape index (κ1) is 21.7. The van der Waals surface area contributed by atoms with Gasteiger partial charge < -0.3 is 15.5 Å². The van der Waals surface area contributed by atoms with Gasteiger partial charge in [-0.3, -0.25) is 0 Å². The third-order valence-corrected chi connectivity index (χ3v) is 6.05.